The third-order valence-corrected chi connectivity index (χ3v) is 6.41. The molecule has 0 bridgehead atoms. The van der Waals surface area contributed by atoms with Crippen LogP contribution in [0.1, 0.15) is 16.7 Å². The van der Waals surface area contributed by atoms with Crippen molar-refractivity contribution >= 4 is 26.8 Å². The molecule has 31 heavy (non-hydrogen) atoms. The van der Waals surface area contributed by atoms with Crippen LogP contribution in [0.2, 0.25) is 0 Å². The second-order valence-corrected chi connectivity index (χ2v) is 8.44. The van der Waals surface area contributed by atoms with Crippen molar-refractivity contribution in [3.8, 4) is 11.8 Å². The van der Waals surface area contributed by atoms with E-state index in [-0.39, 0.29) is 4.90 Å². The van der Waals surface area contributed by atoms with E-state index in [1.54, 1.807) is 60.8 Å². The minimum Gasteiger partial charge on any atom is -0.321 e. The lowest BCUT2D eigenvalue weighted by molar-refractivity contribution is 0.589. The molecule has 1 aromatic heterocycles. The molecular weight excluding hydrogens is 410 g/mol. The Hall–Kier alpha value is -4.06. The molecule has 0 aliphatic rings. The van der Waals surface area contributed by atoms with Gasteiger partial charge in [0.25, 0.3) is 10.0 Å². The number of hydrogen-bond acceptors (Lipinski definition) is 5. The summed E-state index contributed by atoms with van der Waals surface area (Å²) in [4.78, 5) is 0.214. The summed E-state index contributed by atoms with van der Waals surface area (Å²) in [6, 6.07) is 22.8. The molecule has 0 saturated heterocycles. The van der Waals surface area contributed by atoms with Crippen LogP contribution in [0.15, 0.2) is 95.1 Å². The molecule has 0 fully saturated rings. The van der Waals surface area contributed by atoms with Gasteiger partial charge in [0.2, 0.25) is 0 Å². The van der Waals surface area contributed by atoms with Crippen molar-refractivity contribution in [3.63, 3.8) is 0 Å². The van der Waals surface area contributed by atoms with Crippen LogP contribution in [0.25, 0.3) is 10.9 Å². The molecule has 0 unspecified atom stereocenters. The van der Waals surface area contributed by atoms with Crippen LogP contribution in [0, 0.1) is 11.8 Å². The van der Waals surface area contributed by atoms with Crippen molar-refractivity contribution in [2.24, 2.45) is 16.8 Å². The van der Waals surface area contributed by atoms with E-state index < -0.39 is 10.0 Å². The van der Waals surface area contributed by atoms with Gasteiger partial charge in [0, 0.05) is 22.7 Å². The summed E-state index contributed by atoms with van der Waals surface area (Å²) in [5.41, 5.74) is 4.99. The highest BCUT2D eigenvalue weighted by Crippen LogP contribution is 2.25. The third kappa shape index (κ3) is 3.88. The van der Waals surface area contributed by atoms with Gasteiger partial charge in [0.1, 0.15) is 0 Å². The highest BCUT2D eigenvalue weighted by molar-refractivity contribution is 7.90. The van der Waals surface area contributed by atoms with Crippen molar-refractivity contribution in [3.05, 3.63) is 102 Å². The molecular formula is C23H19N5O2S. The lowest BCUT2D eigenvalue weighted by Gasteiger charge is -2.06. The largest absolute Gasteiger partial charge is 0.321 e. The van der Waals surface area contributed by atoms with Crippen molar-refractivity contribution in [1.82, 2.24) is 9.40 Å². The molecule has 1 heterocycles. The second-order valence-electron chi connectivity index (χ2n) is 6.63. The Bertz CT molecular complexity index is 1450. The fourth-order valence-corrected chi connectivity index (χ4v) is 4.62. The Labute approximate surface area is 180 Å². The van der Waals surface area contributed by atoms with E-state index >= 15 is 0 Å². The van der Waals surface area contributed by atoms with E-state index in [1.165, 1.54) is 3.97 Å². The molecule has 0 spiro atoms. The van der Waals surface area contributed by atoms with Gasteiger partial charge in [-0.1, -0.05) is 60.4 Å². The topological polar surface area (TPSA) is 115 Å². The fourth-order valence-electron chi connectivity index (χ4n) is 3.23. The Kier molecular flexibility index (Phi) is 5.45. The first-order valence-electron chi connectivity index (χ1n) is 9.32. The summed E-state index contributed by atoms with van der Waals surface area (Å²) in [6.07, 6.45) is 1.55. The van der Waals surface area contributed by atoms with Crippen molar-refractivity contribution in [1.29, 1.82) is 0 Å². The number of para-hydroxylation sites is 1. The first-order chi connectivity index (χ1) is 15.0. The van der Waals surface area contributed by atoms with Gasteiger partial charge in [-0.05, 0) is 30.3 Å². The lowest BCUT2D eigenvalue weighted by atomic mass is 10.1. The molecule has 4 rings (SSSR count). The van der Waals surface area contributed by atoms with Crippen LogP contribution >= 0.6 is 0 Å². The second kappa shape index (κ2) is 8.36. The Morgan fingerprint density at radius 3 is 2.42 bits per heavy atom. The summed E-state index contributed by atoms with van der Waals surface area (Å²) in [5.74, 6) is 17.3. The number of fused-ring (bicyclic) bond motifs is 1. The predicted octanol–water partition coefficient (Wildman–Crippen LogP) is 2.36. The number of rotatable bonds is 3. The Morgan fingerprint density at radius 2 is 1.68 bits per heavy atom. The molecule has 0 radical (unpaired) electrons. The summed E-state index contributed by atoms with van der Waals surface area (Å²) in [6.45, 7) is 0. The molecule has 3 aromatic carbocycles. The van der Waals surface area contributed by atoms with E-state index in [9.17, 15) is 8.42 Å². The van der Waals surface area contributed by atoms with Gasteiger partial charge in [-0.2, -0.15) is 5.10 Å². The zero-order chi connectivity index (χ0) is 21.8. The van der Waals surface area contributed by atoms with Gasteiger partial charge >= 0.3 is 0 Å². The molecule has 5 N–H and O–H groups in total. The van der Waals surface area contributed by atoms with Crippen LogP contribution in [-0.2, 0) is 10.0 Å². The first kappa shape index (κ1) is 20.2. The number of hydrazone groups is 1. The maximum atomic E-state index is 13.2. The number of aromatic nitrogens is 1. The van der Waals surface area contributed by atoms with Gasteiger partial charge in [-0.25, -0.2) is 18.2 Å². The van der Waals surface area contributed by atoms with Crippen molar-refractivity contribution in [2.45, 2.75) is 4.90 Å². The monoisotopic (exact) mass is 429 g/mol. The SMILES string of the molecule is N/N=C(\NN)c1cccc(C#Cc2cn(S(=O)(=O)c3ccccc3)c3ccccc23)c1. The van der Waals surface area contributed by atoms with Crippen LogP contribution in [0.4, 0.5) is 0 Å². The van der Waals surface area contributed by atoms with E-state index in [1.807, 2.05) is 24.3 Å². The standard InChI is InChI=1S/C23H19N5O2S/c24-26-23(27-25)18-8-6-7-17(15-18)13-14-19-16-28(22-12-5-4-11-21(19)22)31(29,30)20-9-2-1-3-10-20/h1-12,15-16H,24-25H2,(H,26,27). The summed E-state index contributed by atoms with van der Waals surface area (Å²) >= 11 is 0. The maximum Gasteiger partial charge on any atom is 0.268 e. The summed E-state index contributed by atoms with van der Waals surface area (Å²) < 4.78 is 27.7. The highest BCUT2D eigenvalue weighted by atomic mass is 32.2. The quantitative estimate of drug-likeness (QED) is 0.152. The number of hydrogen-bond donors (Lipinski definition) is 3. The number of benzene rings is 3. The number of nitrogens with zero attached hydrogens (tertiary/aromatic N) is 2. The van der Waals surface area contributed by atoms with Gasteiger partial charge in [-0.15, -0.1) is 0 Å². The van der Waals surface area contributed by atoms with Gasteiger partial charge in [0.05, 0.1) is 16.0 Å². The number of hydrazine groups is 1. The van der Waals surface area contributed by atoms with Gasteiger partial charge < -0.3 is 11.3 Å². The molecule has 0 aliphatic heterocycles. The minimum absolute atomic E-state index is 0.214. The molecule has 4 aromatic rings. The smallest absolute Gasteiger partial charge is 0.268 e. The molecule has 0 aliphatic carbocycles. The Morgan fingerprint density at radius 1 is 0.935 bits per heavy atom. The molecule has 154 valence electrons. The van der Waals surface area contributed by atoms with Crippen LogP contribution in [0.5, 0.6) is 0 Å². The van der Waals surface area contributed by atoms with Gasteiger partial charge in [0.15, 0.2) is 5.84 Å². The minimum atomic E-state index is -3.76. The Balaban J connectivity index is 1.81. The molecule has 0 atom stereocenters. The van der Waals surface area contributed by atoms with Crippen LogP contribution in [-0.4, -0.2) is 18.2 Å². The van der Waals surface area contributed by atoms with Crippen LogP contribution < -0.4 is 17.1 Å². The molecule has 0 amide bonds. The van der Waals surface area contributed by atoms with E-state index in [0.717, 1.165) is 5.39 Å². The molecule has 7 nitrogen and oxygen atoms in total. The number of nitrogens with one attached hydrogen (secondary N) is 1. The summed E-state index contributed by atoms with van der Waals surface area (Å²) in [5, 5.41) is 4.35. The number of nitrogens with two attached hydrogens (primary N) is 2. The van der Waals surface area contributed by atoms with E-state index in [0.29, 0.717) is 28.0 Å². The molecule has 8 heteroatoms. The van der Waals surface area contributed by atoms with E-state index in [4.69, 9.17) is 11.7 Å². The zero-order valence-corrected chi connectivity index (χ0v) is 17.2. The van der Waals surface area contributed by atoms with Crippen molar-refractivity contribution < 1.29 is 8.42 Å². The normalized spacial score (nSPS) is 11.7. The lowest BCUT2D eigenvalue weighted by Crippen LogP contribution is -2.32. The highest BCUT2D eigenvalue weighted by Gasteiger charge is 2.20. The first-order valence-corrected chi connectivity index (χ1v) is 10.8. The molecule has 0 saturated carbocycles. The average molecular weight is 430 g/mol. The van der Waals surface area contributed by atoms with Crippen LogP contribution in [0.3, 0.4) is 0 Å². The summed E-state index contributed by atoms with van der Waals surface area (Å²) in [7, 11) is -3.76. The number of amidine groups is 1. The van der Waals surface area contributed by atoms with Crippen molar-refractivity contribution in [2.75, 3.05) is 0 Å². The predicted molar refractivity (Wildman–Crippen MR) is 121 cm³/mol. The third-order valence-electron chi connectivity index (χ3n) is 4.72. The zero-order valence-electron chi connectivity index (χ0n) is 16.4. The fraction of sp³-hybridized carbons (Fsp3) is 0. The average Bonchev–Trinajstić information content (AvgIpc) is 3.19. The van der Waals surface area contributed by atoms with Gasteiger partial charge in [-0.3, -0.25) is 0 Å². The maximum absolute atomic E-state index is 13.2. The van der Waals surface area contributed by atoms with E-state index in [2.05, 4.69) is 22.4 Å².